The molecule has 1 aromatic heterocycles. The van der Waals surface area contributed by atoms with E-state index in [9.17, 15) is 0 Å². The Morgan fingerprint density at radius 1 is 0.603 bits per heavy atom. The summed E-state index contributed by atoms with van der Waals surface area (Å²) in [5.41, 5.74) is 17.0. The summed E-state index contributed by atoms with van der Waals surface area (Å²) in [6.45, 7) is 21.2. The Bertz CT molecular complexity index is 2610. The van der Waals surface area contributed by atoms with Crippen LogP contribution in [0.4, 0.5) is 34.1 Å². The Balaban J connectivity index is 1.23. The van der Waals surface area contributed by atoms with E-state index in [2.05, 4.69) is 175 Å². The molecule has 4 heteroatoms. The van der Waals surface area contributed by atoms with Crippen LogP contribution in [0.1, 0.15) is 123 Å². The molecule has 0 amide bonds. The van der Waals surface area contributed by atoms with E-state index in [1.165, 1.54) is 115 Å². The molecule has 294 valence electrons. The highest BCUT2D eigenvalue weighted by Gasteiger charge is 2.54. The van der Waals surface area contributed by atoms with E-state index in [1.807, 2.05) is 11.3 Å². The van der Waals surface area contributed by atoms with Gasteiger partial charge in [0.05, 0.1) is 5.69 Å². The van der Waals surface area contributed by atoms with Gasteiger partial charge in [0.2, 0.25) is 0 Å². The molecule has 3 fully saturated rings. The molecule has 58 heavy (non-hydrogen) atoms. The molecule has 0 N–H and O–H groups in total. The predicted octanol–water partition coefficient (Wildman–Crippen LogP) is 13.3. The van der Waals surface area contributed by atoms with Gasteiger partial charge in [0.25, 0.3) is 6.71 Å². The second-order valence-electron chi connectivity index (χ2n) is 22.0. The molecular formula is C54H59BN2S. The molecule has 3 heterocycles. The summed E-state index contributed by atoms with van der Waals surface area (Å²) in [6.07, 6.45) is 8.33. The third kappa shape index (κ3) is 5.49. The van der Waals surface area contributed by atoms with E-state index >= 15 is 0 Å². The third-order valence-corrected chi connectivity index (χ3v) is 16.5. The average Bonchev–Trinajstić information content (AvgIpc) is 3.66. The molecular weight excluding hydrogens is 719 g/mol. The van der Waals surface area contributed by atoms with Gasteiger partial charge in [-0.25, -0.2) is 0 Å². The van der Waals surface area contributed by atoms with Crippen LogP contribution >= 0.6 is 11.3 Å². The minimum atomic E-state index is 0.0495. The first kappa shape index (κ1) is 36.8. The molecule has 0 radical (unpaired) electrons. The number of rotatable bonds is 3. The van der Waals surface area contributed by atoms with Crippen molar-refractivity contribution >= 4 is 78.0 Å². The zero-order valence-electron chi connectivity index (χ0n) is 36.2. The van der Waals surface area contributed by atoms with Crippen molar-refractivity contribution < 1.29 is 0 Å². The highest BCUT2D eigenvalue weighted by Crippen LogP contribution is 2.62. The Hall–Kier alpha value is -4.28. The van der Waals surface area contributed by atoms with Gasteiger partial charge < -0.3 is 9.80 Å². The lowest BCUT2D eigenvalue weighted by Crippen LogP contribution is -2.60. The highest BCUT2D eigenvalue weighted by molar-refractivity contribution is 7.33. The van der Waals surface area contributed by atoms with Crippen LogP contribution in [0.5, 0.6) is 0 Å². The van der Waals surface area contributed by atoms with Gasteiger partial charge in [-0.1, -0.05) is 111 Å². The largest absolute Gasteiger partial charge is 0.311 e. The highest BCUT2D eigenvalue weighted by atomic mass is 32.1. The standard InChI is InChI=1S/C54H59BN2S/c1-51(2,3)36-14-19-40(20-15-36)56-44-13-11-10-12-43(44)55-48-45(56)29-39(54-25-24-34-26-33(31-54)27-35(34)32-54)30-46(48)57(41-21-16-37(17-22-41)52(4,5)6)49-42-28-38(53(7,8)9)18-23-47(42)58-50(49)55/h10-23,28-30,33-35H,24-27,31-32H2,1-9H3. The molecule has 3 bridgehead atoms. The van der Waals surface area contributed by atoms with Crippen LogP contribution in [-0.2, 0) is 21.7 Å². The smallest absolute Gasteiger partial charge is 0.264 e. The van der Waals surface area contributed by atoms with Gasteiger partial charge >= 0.3 is 0 Å². The quantitative estimate of drug-likeness (QED) is 0.165. The number of hydrogen-bond acceptors (Lipinski definition) is 3. The summed E-state index contributed by atoms with van der Waals surface area (Å²) < 4.78 is 2.84. The third-order valence-electron chi connectivity index (χ3n) is 15.3. The summed E-state index contributed by atoms with van der Waals surface area (Å²) in [7, 11) is 0. The molecule has 3 aliphatic carbocycles. The fourth-order valence-corrected chi connectivity index (χ4v) is 13.6. The first-order valence-electron chi connectivity index (χ1n) is 22.2. The van der Waals surface area contributed by atoms with Crippen molar-refractivity contribution in [3.05, 3.63) is 125 Å². The van der Waals surface area contributed by atoms with E-state index in [1.54, 1.807) is 5.56 Å². The van der Waals surface area contributed by atoms with E-state index < -0.39 is 0 Å². The van der Waals surface area contributed by atoms with Crippen molar-refractivity contribution in [3.8, 4) is 0 Å². The van der Waals surface area contributed by atoms with Crippen LogP contribution in [0.2, 0.25) is 0 Å². The molecule has 4 atom stereocenters. The first-order chi connectivity index (χ1) is 27.6. The van der Waals surface area contributed by atoms with Crippen LogP contribution in [0.25, 0.3) is 10.1 Å². The minimum Gasteiger partial charge on any atom is -0.311 e. The van der Waals surface area contributed by atoms with Crippen molar-refractivity contribution in [2.24, 2.45) is 17.8 Å². The Kier molecular flexibility index (Phi) is 7.85. The van der Waals surface area contributed by atoms with Gasteiger partial charge in [-0.2, -0.15) is 0 Å². The normalized spacial score (nSPS) is 23.3. The summed E-state index contributed by atoms with van der Waals surface area (Å²) in [4.78, 5) is 5.37. The number of hydrogen-bond donors (Lipinski definition) is 0. The van der Waals surface area contributed by atoms with Crippen LogP contribution in [-0.4, -0.2) is 6.71 Å². The lowest BCUT2D eigenvalue weighted by atomic mass is 9.36. The number of anilines is 6. The zero-order valence-corrected chi connectivity index (χ0v) is 37.0. The van der Waals surface area contributed by atoms with Crippen LogP contribution < -0.4 is 25.5 Å². The Morgan fingerprint density at radius 2 is 1.19 bits per heavy atom. The van der Waals surface area contributed by atoms with Gasteiger partial charge in [0.15, 0.2) is 0 Å². The van der Waals surface area contributed by atoms with E-state index in [4.69, 9.17) is 0 Å². The SMILES string of the molecule is CC(C)(C)c1ccc(N2c3ccccc3B3c4sc5ccc(C(C)(C)C)cc5c4N(c4ccc(C(C)(C)C)cc4)c4cc(C56CCC7CC(CC7C5)C6)cc2c43)cc1. The van der Waals surface area contributed by atoms with Crippen molar-refractivity contribution in [1.82, 2.24) is 0 Å². The van der Waals surface area contributed by atoms with Crippen molar-refractivity contribution in [2.45, 2.75) is 122 Å². The number of fused-ring (bicyclic) bond motifs is 8. The van der Waals surface area contributed by atoms with Gasteiger partial charge in [0, 0.05) is 43.3 Å². The maximum Gasteiger partial charge on any atom is 0.264 e. The second-order valence-corrected chi connectivity index (χ2v) is 23.1. The number of nitrogens with zero attached hydrogens (tertiary/aromatic N) is 2. The fourth-order valence-electron chi connectivity index (χ4n) is 12.3. The fraction of sp³-hybridized carbons (Fsp3) is 0.407. The van der Waals surface area contributed by atoms with Gasteiger partial charge in [-0.15, -0.1) is 11.3 Å². The molecule has 5 aromatic carbocycles. The molecule has 2 nitrogen and oxygen atoms in total. The summed E-state index contributed by atoms with van der Waals surface area (Å²) in [5, 5.41) is 1.39. The Labute approximate surface area is 351 Å². The van der Waals surface area contributed by atoms with E-state index in [0.29, 0.717) is 0 Å². The van der Waals surface area contributed by atoms with Crippen molar-refractivity contribution in [2.75, 3.05) is 9.80 Å². The van der Waals surface area contributed by atoms with Crippen LogP contribution in [0.15, 0.2) is 103 Å². The van der Waals surface area contributed by atoms with E-state index in [0.717, 1.165) is 17.8 Å². The lowest BCUT2D eigenvalue weighted by Gasteiger charge is -2.48. The van der Waals surface area contributed by atoms with Gasteiger partial charge in [0.1, 0.15) is 0 Å². The van der Waals surface area contributed by atoms with Gasteiger partial charge in [-0.3, -0.25) is 0 Å². The summed E-state index contributed by atoms with van der Waals surface area (Å²) in [6, 6.07) is 41.3. The predicted molar refractivity (Wildman–Crippen MR) is 252 cm³/mol. The Morgan fingerprint density at radius 3 is 1.84 bits per heavy atom. The lowest BCUT2D eigenvalue weighted by molar-refractivity contribution is 0.139. The molecule has 0 saturated heterocycles. The summed E-state index contributed by atoms with van der Waals surface area (Å²) in [5.74, 6) is 2.70. The average molecular weight is 779 g/mol. The number of para-hydroxylation sites is 1. The van der Waals surface area contributed by atoms with Crippen LogP contribution in [0, 0.1) is 17.8 Å². The molecule has 11 rings (SSSR count). The molecule has 4 unspecified atom stereocenters. The molecule has 5 aliphatic rings. The topological polar surface area (TPSA) is 6.48 Å². The molecule has 3 saturated carbocycles. The van der Waals surface area contributed by atoms with Crippen molar-refractivity contribution in [3.63, 3.8) is 0 Å². The number of benzene rings is 5. The minimum absolute atomic E-state index is 0.0495. The maximum absolute atomic E-state index is 2.73. The maximum atomic E-state index is 2.73. The first-order valence-corrected chi connectivity index (χ1v) is 23.0. The molecule has 6 aromatic rings. The van der Waals surface area contributed by atoms with E-state index in [-0.39, 0.29) is 28.4 Å². The monoisotopic (exact) mass is 778 g/mol. The van der Waals surface area contributed by atoms with Crippen molar-refractivity contribution in [1.29, 1.82) is 0 Å². The molecule has 2 aliphatic heterocycles. The summed E-state index contributed by atoms with van der Waals surface area (Å²) >= 11 is 2.02. The second kappa shape index (κ2) is 12.4. The van der Waals surface area contributed by atoms with Crippen LogP contribution in [0.3, 0.4) is 0 Å². The molecule has 0 spiro atoms. The van der Waals surface area contributed by atoms with Gasteiger partial charge in [-0.05, 0) is 166 Å². The zero-order chi connectivity index (χ0) is 40.1. The number of thiophene rings is 1.